The van der Waals surface area contributed by atoms with Crippen LogP contribution in [-0.4, -0.2) is 36.0 Å². The lowest BCUT2D eigenvalue weighted by Gasteiger charge is -2.40. The third kappa shape index (κ3) is 1.78. The van der Waals surface area contributed by atoms with Gasteiger partial charge in [0.15, 0.2) is 0 Å². The van der Waals surface area contributed by atoms with Gasteiger partial charge in [0.25, 0.3) is 0 Å². The minimum Gasteiger partial charge on any atom is -0.354 e. The summed E-state index contributed by atoms with van der Waals surface area (Å²) < 4.78 is 13.3. The Labute approximate surface area is 90.4 Å². The summed E-state index contributed by atoms with van der Waals surface area (Å²) in [5.41, 5.74) is 0.987. The Morgan fingerprint density at radius 1 is 1.40 bits per heavy atom. The minimum absolute atomic E-state index is 0.0634. The van der Waals surface area contributed by atoms with Crippen LogP contribution in [0.2, 0.25) is 0 Å². The Bertz CT molecular complexity index is 353. The molecule has 0 aliphatic carbocycles. The molecular weight excluding hydrogens is 191 g/mol. The maximum atomic E-state index is 13.3. The van der Waals surface area contributed by atoms with Crippen molar-refractivity contribution in [2.75, 3.05) is 20.1 Å². The first-order valence-electron chi connectivity index (χ1n) is 5.34. The van der Waals surface area contributed by atoms with Crippen molar-refractivity contribution in [3.8, 4) is 0 Å². The van der Waals surface area contributed by atoms with Crippen molar-refractivity contribution < 1.29 is 4.39 Å². The molecule has 0 spiro atoms. The Morgan fingerprint density at radius 2 is 2.13 bits per heavy atom. The SMILES string of the molecule is CC(C)N1CC=CC2=C1N(C)CC(F)=C2. The first-order chi connectivity index (χ1) is 7.09. The Morgan fingerprint density at radius 3 is 2.80 bits per heavy atom. The van der Waals surface area contributed by atoms with Crippen molar-refractivity contribution in [1.82, 2.24) is 9.80 Å². The van der Waals surface area contributed by atoms with E-state index in [4.69, 9.17) is 0 Å². The van der Waals surface area contributed by atoms with Gasteiger partial charge in [0.2, 0.25) is 0 Å². The van der Waals surface area contributed by atoms with Gasteiger partial charge in [-0.2, -0.15) is 0 Å². The predicted molar refractivity (Wildman–Crippen MR) is 59.8 cm³/mol. The second kappa shape index (κ2) is 3.72. The third-order valence-corrected chi connectivity index (χ3v) is 2.82. The molecule has 3 heteroatoms. The van der Waals surface area contributed by atoms with Crippen LogP contribution >= 0.6 is 0 Å². The molecule has 0 aromatic carbocycles. The van der Waals surface area contributed by atoms with Gasteiger partial charge in [0.05, 0.1) is 6.54 Å². The maximum absolute atomic E-state index is 13.3. The molecule has 0 N–H and O–H groups in total. The van der Waals surface area contributed by atoms with Crippen molar-refractivity contribution in [3.63, 3.8) is 0 Å². The summed E-state index contributed by atoms with van der Waals surface area (Å²) in [5.74, 6) is 1.08. The summed E-state index contributed by atoms with van der Waals surface area (Å²) >= 11 is 0. The summed E-state index contributed by atoms with van der Waals surface area (Å²) in [6.07, 6.45) is 5.73. The number of rotatable bonds is 1. The molecule has 0 atom stereocenters. The van der Waals surface area contributed by atoms with Gasteiger partial charge in [-0.25, -0.2) is 4.39 Å². The van der Waals surface area contributed by atoms with Crippen LogP contribution in [0, 0.1) is 0 Å². The molecule has 82 valence electrons. The highest BCUT2D eigenvalue weighted by Gasteiger charge is 2.25. The lowest BCUT2D eigenvalue weighted by Crippen LogP contribution is -2.41. The quantitative estimate of drug-likeness (QED) is 0.652. The van der Waals surface area contributed by atoms with Crippen LogP contribution < -0.4 is 0 Å². The van der Waals surface area contributed by atoms with Crippen LogP contribution in [0.25, 0.3) is 0 Å². The molecule has 2 aliphatic heterocycles. The summed E-state index contributed by atoms with van der Waals surface area (Å²) in [6, 6.07) is 0.442. The van der Waals surface area contributed by atoms with Crippen molar-refractivity contribution in [1.29, 1.82) is 0 Å². The number of hydrogen-bond acceptors (Lipinski definition) is 2. The van der Waals surface area contributed by atoms with E-state index in [9.17, 15) is 4.39 Å². The van der Waals surface area contributed by atoms with Crippen LogP contribution in [0.5, 0.6) is 0 Å². The molecule has 0 aromatic rings. The molecule has 2 rings (SSSR count). The van der Waals surface area contributed by atoms with Crippen LogP contribution in [-0.2, 0) is 0 Å². The molecule has 0 fully saturated rings. The van der Waals surface area contributed by atoms with E-state index in [0.717, 1.165) is 17.9 Å². The Kier molecular flexibility index (Phi) is 2.55. The summed E-state index contributed by atoms with van der Waals surface area (Å²) in [6.45, 7) is 5.62. The zero-order valence-electron chi connectivity index (χ0n) is 9.50. The third-order valence-electron chi connectivity index (χ3n) is 2.82. The zero-order chi connectivity index (χ0) is 11.0. The van der Waals surface area contributed by atoms with E-state index in [1.54, 1.807) is 6.08 Å². The molecule has 0 radical (unpaired) electrons. The zero-order valence-corrected chi connectivity index (χ0v) is 9.50. The number of nitrogens with zero attached hydrogens (tertiary/aromatic N) is 2. The first kappa shape index (κ1) is 10.3. The van der Waals surface area contributed by atoms with E-state index in [2.05, 4.69) is 24.8 Å². The fourth-order valence-electron chi connectivity index (χ4n) is 2.14. The second-order valence-electron chi connectivity index (χ2n) is 4.37. The van der Waals surface area contributed by atoms with Crippen molar-refractivity contribution in [2.24, 2.45) is 0 Å². The van der Waals surface area contributed by atoms with Crippen molar-refractivity contribution in [3.05, 3.63) is 35.4 Å². The maximum Gasteiger partial charge on any atom is 0.120 e. The second-order valence-corrected chi connectivity index (χ2v) is 4.37. The van der Waals surface area contributed by atoms with Crippen molar-refractivity contribution >= 4 is 0 Å². The van der Waals surface area contributed by atoms with Crippen LogP contribution in [0.15, 0.2) is 35.4 Å². The highest BCUT2D eigenvalue weighted by Crippen LogP contribution is 2.28. The lowest BCUT2D eigenvalue weighted by molar-refractivity contribution is 0.207. The number of allylic oxidation sites excluding steroid dienone is 3. The van der Waals surface area contributed by atoms with E-state index >= 15 is 0 Å². The molecule has 0 aromatic heterocycles. The summed E-state index contributed by atoms with van der Waals surface area (Å²) in [7, 11) is 1.94. The minimum atomic E-state index is -0.0634. The Balaban J connectivity index is 2.40. The topological polar surface area (TPSA) is 6.48 Å². The van der Waals surface area contributed by atoms with Gasteiger partial charge < -0.3 is 9.80 Å². The Hall–Kier alpha value is -1.25. The van der Waals surface area contributed by atoms with Crippen molar-refractivity contribution in [2.45, 2.75) is 19.9 Å². The van der Waals surface area contributed by atoms with Crippen LogP contribution in [0.3, 0.4) is 0 Å². The highest BCUT2D eigenvalue weighted by molar-refractivity contribution is 5.41. The number of likely N-dealkylation sites (N-methyl/N-ethyl adjacent to an activating group) is 1. The standard InChI is InChI=1S/C12H17FN2/c1-9(2)15-6-4-5-10-7-11(13)8-14(3)12(10)15/h4-5,7,9H,6,8H2,1-3H3. The van der Waals surface area contributed by atoms with Gasteiger partial charge in [-0.3, -0.25) is 0 Å². The monoisotopic (exact) mass is 208 g/mol. The molecule has 0 saturated heterocycles. The van der Waals surface area contributed by atoms with E-state index < -0.39 is 0 Å². The van der Waals surface area contributed by atoms with Gasteiger partial charge in [0.1, 0.15) is 11.6 Å². The van der Waals surface area contributed by atoms with Crippen LogP contribution in [0.4, 0.5) is 4.39 Å². The number of halogens is 1. The van der Waals surface area contributed by atoms with E-state index in [1.807, 2.05) is 18.0 Å². The van der Waals surface area contributed by atoms with Gasteiger partial charge in [-0.15, -0.1) is 0 Å². The highest BCUT2D eigenvalue weighted by atomic mass is 19.1. The van der Waals surface area contributed by atoms with Gasteiger partial charge in [-0.05, 0) is 19.9 Å². The van der Waals surface area contributed by atoms with E-state index in [1.165, 1.54) is 0 Å². The molecule has 2 nitrogen and oxygen atoms in total. The summed E-state index contributed by atoms with van der Waals surface area (Å²) in [5, 5.41) is 0. The molecule has 0 bridgehead atoms. The van der Waals surface area contributed by atoms with Gasteiger partial charge >= 0.3 is 0 Å². The largest absolute Gasteiger partial charge is 0.354 e. The fourth-order valence-corrected chi connectivity index (χ4v) is 2.14. The smallest absolute Gasteiger partial charge is 0.120 e. The molecule has 2 heterocycles. The van der Waals surface area contributed by atoms with Gasteiger partial charge in [0, 0.05) is 25.2 Å². The molecule has 0 saturated carbocycles. The molecule has 0 unspecified atom stereocenters. The van der Waals surface area contributed by atoms with Gasteiger partial charge in [-0.1, -0.05) is 12.2 Å². The number of hydrogen-bond donors (Lipinski definition) is 0. The molecular formula is C12H17FN2. The molecule has 2 aliphatic rings. The van der Waals surface area contributed by atoms with Crippen LogP contribution in [0.1, 0.15) is 13.8 Å². The van der Waals surface area contributed by atoms with E-state index in [0.29, 0.717) is 12.6 Å². The average molecular weight is 208 g/mol. The molecule has 0 amide bonds. The molecule has 15 heavy (non-hydrogen) atoms. The fraction of sp³-hybridized carbons (Fsp3) is 0.500. The van der Waals surface area contributed by atoms with E-state index in [-0.39, 0.29) is 5.83 Å². The normalized spacial score (nSPS) is 21.0. The first-order valence-corrected chi connectivity index (χ1v) is 5.34. The summed E-state index contributed by atoms with van der Waals surface area (Å²) in [4.78, 5) is 4.27. The lowest BCUT2D eigenvalue weighted by atomic mass is 10.1. The predicted octanol–water partition coefficient (Wildman–Crippen LogP) is 2.28. The average Bonchev–Trinajstić information content (AvgIpc) is 2.16.